The van der Waals surface area contributed by atoms with Gasteiger partial charge in [0, 0.05) is 11.6 Å². The van der Waals surface area contributed by atoms with E-state index in [1.54, 1.807) is 71.9 Å². The number of ether oxygens (including phenoxy) is 1. The standard InChI is InChI=1S/C34H43F6N3O4/c1-21(22-17-24(33(35,36)37)19-25(18-22)34(38,39)40)28(45)42-32(23-11-9-8-10-12-23)15-13-26(14-16-32)41-27(44)20-43(30(2,3)4)29(46)47-31(5,6)7/h8-12,17-19,21,26H,13-16,20H2,1-7H3,(H,41,44)(H,42,45). The first-order valence-corrected chi connectivity index (χ1v) is 15.4. The third kappa shape index (κ3) is 10.1. The molecule has 13 heteroatoms. The van der Waals surface area contributed by atoms with Crippen LogP contribution in [-0.2, 0) is 32.2 Å². The molecule has 1 aliphatic rings. The summed E-state index contributed by atoms with van der Waals surface area (Å²) < 4.78 is 86.4. The molecular weight excluding hydrogens is 628 g/mol. The number of carbonyl (C=O) groups excluding carboxylic acids is 3. The second kappa shape index (κ2) is 13.8. The molecular formula is C34H43F6N3O4. The summed E-state index contributed by atoms with van der Waals surface area (Å²) in [6, 6.07) is 9.74. The van der Waals surface area contributed by atoms with Crippen molar-refractivity contribution in [2.75, 3.05) is 6.54 Å². The van der Waals surface area contributed by atoms with Crippen LogP contribution in [0.4, 0.5) is 31.1 Å². The van der Waals surface area contributed by atoms with E-state index in [4.69, 9.17) is 4.74 Å². The van der Waals surface area contributed by atoms with Crippen molar-refractivity contribution >= 4 is 17.9 Å². The molecule has 260 valence electrons. The van der Waals surface area contributed by atoms with Crippen molar-refractivity contribution in [1.29, 1.82) is 0 Å². The molecule has 0 bridgehead atoms. The van der Waals surface area contributed by atoms with Crippen LogP contribution < -0.4 is 10.6 Å². The van der Waals surface area contributed by atoms with E-state index in [9.17, 15) is 40.7 Å². The predicted molar refractivity (Wildman–Crippen MR) is 164 cm³/mol. The minimum Gasteiger partial charge on any atom is -0.444 e. The first kappa shape index (κ1) is 37.7. The molecule has 1 unspecified atom stereocenters. The Morgan fingerprint density at radius 1 is 0.872 bits per heavy atom. The smallest absolute Gasteiger partial charge is 0.416 e. The monoisotopic (exact) mass is 671 g/mol. The Kier molecular flexibility index (Phi) is 11.0. The Morgan fingerprint density at radius 3 is 1.83 bits per heavy atom. The summed E-state index contributed by atoms with van der Waals surface area (Å²) in [7, 11) is 0. The quantitative estimate of drug-likeness (QED) is 0.293. The molecule has 2 aromatic carbocycles. The zero-order chi connectivity index (χ0) is 35.6. The van der Waals surface area contributed by atoms with Crippen molar-refractivity contribution in [3.8, 4) is 0 Å². The van der Waals surface area contributed by atoms with E-state index in [2.05, 4.69) is 10.6 Å². The molecule has 0 saturated heterocycles. The lowest BCUT2D eigenvalue weighted by Crippen LogP contribution is -2.55. The average Bonchev–Trinajstić information content (AvgIpc) is 2.94. The summed E-state index contributed by atoms with van der Waals surface area (Å²) in [4.78, 5) is 40.8. The van der Waals surface area contributed by atoms with Crippen molar-refractivity contribution in [3.05, 3.63) is 70.8 Å². The van der Waals surface area contributed by atoms with Gasteiger partial charge in [-0.1, -0.05) is 30.3 Å². The van der Waals surface area contributed by atoms with Gasteiger partial charge in [-0.15, -0.1) is 0 Å². The number of benzene rings is 2. The molecule has 0 heterocycles. The number of alkyl halides is 6. The highest BCUT2D eigenvalue weighted by Crippen LogP contribution is 2.40. The Hall–Kier alpha value is -3.77. The molecule has 0 aliphatic heterocycles. The second-order valence-electron chi connectivity index (χ2n) is 14.1. The van der Waals surface area contributed by atoms with Crippen LogP contribution in [0, 0.1) is 0 Å². The van der Waals surface area contributed by atoms with Crippen molar-refractivity contribution in [2.24, 2.45) is 0 Å². The lowest BCUT2D eigenvalue weighted by Gasteiger charge is -2.42. The predicted octanol–water partition coefficient (Wildman–Crippen LogP) is 7.93. The number of amides is 3. The molecule has 47 heavy (non-hydrogen) atoms. The van der Waals surface area contributed by atoms with Crippen molar-refractivity contribution in [1.82, 2.24) is 15.5 Å². The third-order valence-corrected chi connectivity index (χ3v) is 8.12. The molecule has 0 radical (unpaired) electrons. The number of hydrogen-bond acceptors (Lipinski definition) is 4. The fourth-order valence-electron chi connectivity index (χ4n) is 5.53. The second-order valence-corrected chi connectivity index (χ2v) is 14.1. The van der Waals surface area contributed by atoms with Crippen molar-refractivity contribution in [3.63, 3.8) is 0 Å². The first-order chi connectivity index (χ1) is 21.4. The van der Waals surface area contributed by atoms with Crippen LogP contribution in [0.15, 0.2) is 48.5 Å². The van der Waals surface area contributed by atoms with Crippen LogP contribution in [-0.4, -0.2) is 46.5 Å². The normalized spacial score (nSPS) is 19.8. The summed E-state index contributed by atoms with van der Waals surface area (Å²) in [5.74, 6) is -2.47. The fourth-order valence-corrected chi connectivity index (χ4v) is 5.53. The summed E-state index contributed by atoms with van der Waals surface area (Å²) >= 11 is 0. The van der Waals surface area contributed by atoms with Gasteiger partial charge in [0.1, 0.15) is 12.1 Å². The van der Waals surface area contributed by atoms with Crippen molar-refractivity contribution < 1.29 is 45.5 Å². The lowest BCUT2D eigenvalue weighted by molar-refractivity contribution is -0.143. The van der Waals surface area contributed by atoms with E-state index in [0.717, 1.165) is 0 Å². The summed E-state index contributed by atoms with van der Waals surface area (Å²) in [6.45, 7) is 11.6. The molecule has 3 amide bonds. The lowest BCUT2D eigenvalue weighted by atomic mass is 9.74. The highest BCUT2D eigenvalue weighted by atomic mass is 19.4. The Morgan fingerprint density at radius 2 is 1.38 bits per heavy atom. The van der Waals surface area contributed by atoms with Gasteiger partial charge in [0.15, 0.2) is 0 Å². The number of carbonyl (C=O) groups is 3. The van der Waals surface area contributed by atoms with Gasteiger partial charge in [-0.05, 0) is 103 Å². The van der Waals surface area contributed by atoms with Crippen LogP contribution in [0.25, 0.3) is 0 Å². The SMILES string of the molecule is CC(C(=O)NC1(c2ccccc2)CCC(NC(=O)CN(C(=O)OC(C)(C)C)C(C)(C)C)CC1)c1cc(C(F)(F)F)cc(C(F)(F)F)c1. The minimum absolute atomic E-state index is 0.0311. The van der Waals surface area contributed by atoms with Gasteiger partial charge in [0.05, 0.1) is 22.6 Å². The zero-order valence-corrected chi connectivity index (χ0v) is 27.7. The molecule has 1 aliphatic carbocycles. The molecule has 1 saturated carbocycles. The maximum Gasteiger partial charge on any atom is 0.416 e. The summed E-state index contributed by atoms with van der Waals surface area (Å²) in [6.07, 6.45) is -9.27. The van der Waals surface area contributed by atoms with Gasteiger partial charge in [0.25, 0.3) is 0 Å². The molecule has 3 rings (SSSR count). The number of halogens is 6. The van der Waals surface area contributed by atoms with Gasteiger partial charge in [-0.25, -0.2) is 4.79 Å². The minimum atomic E-state index is -5.04. The Bertz CT molecular complexity index is 1390. The number of nitrogens with zero attached hydrogens (tertiary/aromatic N) is 1. The fraction of sp³-hybridized carbons (Fsp3) is 0.559. The van der Waals surface area contributed by atoms with Crippen LogP contribution >= 0.6 is 0 Å². The van der Waals surface area contributed by atoms with E-state index in [0.29, 0.717) is 43.4 Å². The molecule has 2 aromatic rings. The first-order valence-electron chi connectivity index (χ1n) is 15.4. The van der Waals surface area contributed by atoms with E-state index in [1.807, 2.05) is 0 Å². The van der Waals surface area contributed by atoms with Gasteiger partial charge in [-0.3, -0.25) is 14.5 Å². The number of rotatable bonds is 7. The molecule has 0 aromatic heterocycles. The molecule has 7 nitrogen and oxygen atoms in total. The molecule has 1 atom stereocenters. The summed E-state index contributed by atoms with van der Waals surface area (Å²) in [5, 5.41) is 5.90. The highest BCUT2D eigenvalue weighted by Gasteiger charge is 2.42. The maximum atomic E-state index is 13.6. The Balaban J connectivity index is 1.80. The summed E-state index contributed by atoms with van der Waals surface area (Å²) in [5.41, 5.74) is -5.14. The van der Waals surface area contributed by atoms with Crippen LogP contribution in [0.2, 0.25) is 0 Å². The van der Waals surface area contributed by atoms with Gasteiger partial charge < -0.3 is 15.4 Å². The molecule has 2 N–H and O–H groups in total. The third-order valence-electron chi connectivity index (χ3n) is 8.12. The highest BCUT2D eigenvalue weighted by molar-refractivity contribution is 5.84. The van der Waals surface area contributed by atoms with Crippen LogP contribution in [0.5, 0.6) is 0 Å². The van der Waals surface area contributed by atoms with E-state index in [-0.39, 0.29) is 18.7 Å². The van der Waals surface area contributed by atoms with Crippen LogP contribution in [0.3, 0.4) is 0 Å². The van der Waals surface area contributed by atoms with E-state index in [1.165, 1.54) is 11.8 Å². The van der Waals surface area contributed by atoms with Gasteiger partial charge >= 0.3 is 18.4 Å². The van der Waals surface area contributed by atoms with Gasteiger partial charge in [0.2, 0.25) is 11.8 Å². The topological polar surface area (TPSA) is 87.7 Å². The van der Waals surface area contributed by atoms with Gasteiger partial charge in [-0.2, -0.15) is 26.3 Å². The zero-order valence-electron chi connectivity index (χ0n) is 27.7. The van der Waals surface area contributed by atoms with E-state index >= 15 is 0 Å². The number of nitrogens with one attached hydrogen (secondary N) is 2. The van der Waals surface area contributed by atoms with E-state index < -0.39 is 69.5 Å². The van der Waals surface area contributed by atoms with Crippen molar-refractivity contribution in [2.45, 2.75) is 115 Å². The Labute approximate surface area is 271 Å². The molecule has 0 spiro atoms. The molecule has 1 fully saturated rings. The largest absolute Gasteiger partial charge is 0.444 e. The number of hydrogen-bond donors (Lipinski definition) is 2. The van der Waals surface area contributed by atoms with Crippen LogP contribution in [0.1, 0.15) is 102 Å². The maximum absolute atomic E-state index is 13.6. The average molecular weight is 672 g/mol.